The monoisotopic (exact) mass is 254 g/mol. The van der Waals surface area contributed by atoms with E-state index in [-0.39, 0.29) is 17.5 Å². The molecule has 0 spiro atoms. The molecule has 0 aromatic heterocycles. The first kappa shape index (κ1) is 13.6. The minimum atomic E-state index is -3.53. The van der Waals surface area contributed by atoms with Crippen LogP contribution in [0, 0.1) is 11.3 Å². The fourth-order valence-electron chi connectivity index (χ4n) is 1.10. The van der Waals surface area contributed by atoms with E-state index in [1.165, 1.54) is 31.4 Å². The number of nitriles is 1. The van der Waals surface area contributed by atoms with Crippen LogP contribution < -0.4 is 4.72 Å². The van der Waals surface area contributed by atoms with Gasteiger partial charge in [0.05, 0.1) is 22.6 Å². The summed E-state index contributed by atoms with van der Waals surface area (Å²) in [5, 5.41) is 8.61. The topological polar surface area (TPSA) is 79.2 Å². The van der Waals surface area contributed by atoms with Crippen molar-refractivity contribution < 1.29 is 13.2 Å². The van der Waals surface area contributed by atoms with Crippen molar-refractivity contribution in [3.8, 4) is 6.07 Å². The van der Waals surface area contributed by atoms with E-state index >= 15 is 0 Å². The van der Waals surface area contributed by atoms with Gasteiger partial charge in [0.15, 0.2) is 0 Å². The highest BCUT2D eigenvalue weighted by Crippen LogP contribution is 2.09. The Bertz CT molecular complexity index is 503. The summed E-state index contributed by atoms with van der Waals surface area (Å²) in [6.07, 6.45) is -0.192. The standard InChI is InChI=1S/C11H14N2O3S/c1-9(16-2)8-13-17(14,15)11-5-3-10(7-12)4-6-11/h3-6,9,13H,8H2,1-2H3. The first-order valence-electron chi connectivity index (χ1n) is 5.02. The lowest BCUT2D eigenvalue weighted by Crippen LogP contribution is -2.31. The van der Waals surface area contributed by atoms with Gasteiger partial charge >= 0.3 is 0 Å². The first-order chi connectivity index (χ1) is 7.99. The minimum absolute atomic E-state index is 0.139. The molecule has 0 amide bonds. The second-order valence-corrected chi connectivity index (χ2v) is 5.30. The van der Waals surface area contributed by atoms with E-state index in [1.807, 2.05) is 6.07 Å². The average Bonchev–Trinajstić information content (AvgIpc) is 2.36. The minimum Gasteiger partial charge on any atom is -0.380 e. The highest BCUT2D eigenvalue weighted by atomic mass is 32.2. The fraction of sp³-hybridized carbons (Fsp3) is 0.364. The molecule has 1 aromatic carbocycles. The number of benzene rings is 1. The van der Waals surface area contributed by atoms with Crippen molar-refractivity contribution in [3.63, 3.8) is 0 Å². The van der Waals surface area contributed by atoms with E-state index in [4.69, 9.17) is 10.00 Å². The maximum Gasteiger partial charge on any atom is 0.240 e. The average molecular weight is 254 g/mol. The number of ether oxygens (including phenoxy) is 1. The van der Waals surface area contributed by atoms with Crippen LogP contribution in [-0.4, -0.2) is 28.2 Å². The zero-order chi connectivity index (χ0) is 12.9. The van der Waals surface area contributed by atoms with Crippen molar-refractivity contribution in [3.05, 3.63) is 29.8 Å². The lowest BCUT2D eigenvalue weighted by molar-refractivity contribution is 0.122. The Hall–Kier alpha value is -1.42. The van der Waals surface area contributed by atoms with Gasteiger partial charge in [-0.15, -0.1) is 0 Å². The summed E-state index contributed by atoms with van der Waals surface area (Å²) in [6, 6.07) is 7.67. The normalized spacial score (nSPS) is 13.0. The lowest BCUT2D eigenvalue weighted by Gasteiger charge is -2.11. The zero-order valence-corrected chi connectivity index (χ0v) is 10.5. The predicted octanol–water partition coefficient (Wildman–Crippen LogP) is 0.871. The Morgan fingerprint density at radius 3 is 2.47 bits per heavy atom. The van der Waals surface area contributed by atoms with Crippen LogP contribution in [-0.2, 0) is 14.8 Å². The summed E-state index contributed by atoms with van der Waals surface area (Å²) < 4.78 is 31.0. The molecule has 5 nitrogen and oxygen atoms in total. The number of methoxy groups -OCH3 is 1. The SMILES string of the molecule is COC(C)CNS(=O)(=O)c1ccc(C#N)cc1. The molecule has 1 atom stereocenters. The van der Waals surface area contributed by atoms with Crippen molar-refractivity contribution in [1.82, 2.24) is 4.72 Å². The van der Waals surface area contributed by atoms with Crippen LogP contribution in [0.25, 0.3) is 0 Å². The van der Waals surface area contributed by atoms with Gasteiger partial charge in [-0.1, -0.05) is 0 Å². The summed E-state index contributed by atoms with van der Waals surface area (Å²) in [5.41, 5.74) is 0.425. The molecular formula is C11H14N2O3S. The van der Waals surface area contributed by atoms with Crippen molar-refractivity contribution >= 4 is 10.0 Å². The van der Waals surface area contributed by atoms with Gasteiger partial charge in [0.1, 0.15) is 0 Å². The van der Waals surface area contributed by atoms with Crippen molar-refractivity contribution in [2.45, 2.75) is 17.9 Å². The molecule has 6 heteroatoms. The molecule has 0 fully saturated rings. The zero-order valence-electron chi connectivity index (χ0n) is 9.67. The van der Waals surface area contributed by atoms with Gasteiger partial charge in [0.25, 0.3) is 0 Å². The molecular weight excluding hydrogens is 240 g/mol. The van der Waals surface area contributed by atoms with Crippen LogP contribution in [0.1, 0.15) is 12.5 Å². The molecule has 0 aliphatic carbocycles. The van der Waals surface area contributed by atoms with E-state index in [9.17, 15) is 8.42 Å². The van der Waals surface area contributed by atoms with Gasteiger partial charge in [0.2, 0.25) is 10.0 Å². The van der Waals surface area contributed by atoms with Gasteiger partial charge < -0.3 is 4.74 Å². The first-order valence-corrected chi connectivity index (χ1v) is 6.50. The maximum atomic E-state index is 11.8. The molecule has 1 rings (SSSR count). The molecule has 0 saturated carbocycles. The van der Waals surface area contributed by atoms with E-state index in [1.54, 1.807) is 6.92 Å². The number of sulfonamides is 1. The molecule has 0 heterocycles. The number of hydrogen-bond acceptors (Lipinski definition) is 4. The van der Waals surface area contributed by atoms with Gasteiger partial charge in [-0.05, 0) is 31.2 Å². The second-order valence-electron chi connectivity index (χ2n) is 3.53. The summed E-state index contributed by atoms with van der Waals surface area (Å²) in [6.45, 7) is 1.97. The maximum absolute atomic E-state index is 11.8. The number of hydrogen-bond donors (Lipinski definition) is 1. The molecule has 1 N–H and O–H groups in total. The number of rotatable bonds is 5. The highest BCUT2D eigenvalue weighted by Gasteiger charge is 2.14. The van der Waals surface area contributed by atoms with Gasteiger partial charge in [-0.3, -0.25) is 0 Å². The highest BCUT2D eigenvalue weighted by molar-refractivity contribution is 7.89. The summed E-state index contributed by atoms with van der Waals surface area (Å²) in [4.78, 5) is 0.139. The Balaban J connectivity index is 2.79. The third-order valence-corrected chi connectivity index (χ3v) is 3.70. The number of nitrogens with one attached hydrogen (secondary N) is 1. The Labute approximate surface area is 101 Å². The molecule has 0 bridgehead atoms. The quantitative estimate of drug-likeness (QED) is 0.845. The molecule has 0 aliphatic rings. The summed E-state index contributed by atoms with van der Waals surface area (Å²) in [5.74, 6) is 0. The van der Waals surface area contributed by atoms with Crippen LogP contribution in [0.15, 0.2) is 29.2 Å². The van der Waals surface area contributed by atoms with E-state index in [0.717, 1.165) is 0 Å². The molecule has 1 unspecified atom stereocenters. The lowest BCUT2D eigenvalue weighted by atomic mass is 10.2. The fourth-order valence-corrected chi connectivity index (χ4v) is 2.22. The van der Waals surface area contributed by atoms with Gasteiger partial charge in [-0.25, -0.2) is 13.1 Å². The smallest absolute Gasteiger partial charge is 0.240 e. The Kier molecular flexibility index (Phi) is 4.63. The van der Waals surface area contributed by atoms with Crippen molar-refractivity contribution in [2.24, 2.45) is 0 Å². The molecule has 92 valence electrons. The largest absolute Gasteiger partial charge is 0.380 e. The number of nitrogens with zero attached hydrogens (tertiary/aromatic N) is 1. The van der Waals surface area contributed by atoms with Crippen molar-refractivity contribution in [2.75, 3.05) is 13.7 Å². The molecule has 0 saturated heterocycles. The van der Waals surface area contributed by atoms with Crippen LogP contribution in [0.5, 0.6) is 0 Å². The Morgan fingerprint density at radius 2 is 2.00 bits per heavy atom. The van der Waals surface area contributed by atoms with Gasteiger partial charge in [-0.2, -0.15) is 5.26 Å². The van der Waals surface area contributed by atoms with Crippen LogP contribution in [0.2, 0.25) is 0 Å². The van der Waals surface area contributed by atoms with E-state index in [2.05, 4.69) is 4.72 Å². The van der Waals surface area contributed by atoms with E-state index < -0.39 is 10.0 Å². The summed E-state index contributed by atoms with van der Waals surface area (Å²) in [7, 11) is -2.02. The van der Waals surface area contributed by atoms with Crippen molar-refractivity contribution in [1.29, 1.82) is 5.26 Å². The molecule has 1 aromatic rings. The van der Waals surface area contributed by atoms with E-state index in [0.29, 0.717) is 5.56 Å². The Morgan fingerprint density at radius 1 is 1.41 bits per heavy atom. The summed E-state index contributed by atoms with van der Waals surface area (Å²) >= 11 is 0. The molecule has 0 radical (unpaired) electrons. The predicted molar refractivity (Wildman–Crippen MR) is 62.8 cm³/mol. The van der Waals surface area contributed by atoms with Crippen LogP contribution >= 0.6 is 0 Å². The molecule has 0 aliphatic heterocycles. The third kappa shape index (κ3) is 3.82. The second kappa shape index (κ2) is 5.77. The van der Waals surface area contributed by atoms with Crippen LogP contribution in [0.4, 0.5) is 0 Å². The molecule has 17 heavy (non-hydrogen) atoms. The third-order valence-electron chi connectivity index (χ3n) is 2.26. The van der Waals surface area contributed by atoms with Crippen LogP contribution in [0.3, 0.4) is 0 Å². The van der Waals surface area contributed by atoms with Gasteiger partial charge in [0, 0.05) is 13.7 Å².